The minimum Gasteiger partial charge on any atom is -0.343 e. The largest absolute Gasteiger partial charge is 0.343 e. The van der Waals surface area contributed by atoms with Crippen molar-refractivity contribution in [3.05, 3.63) is 107 Å². The molecule has 3 amide bonds. The second kappa shape index (κ2) is 16.0. The smallest absolute Gasteiger partial charge is 0.246 e. The number of amides is 3. The van der Waals surface area contributed by atoms with E-state index >= 15 is 0 Å². The summed E-state index contributed by atoms with van der Waals surface area (Å²) in [6.45, 7) is 5.55. The Hall–Kier alpha value is -4.01. The predicted molar refractivity (Wildman–Crippen MR) is 182 cm³/mol. The van der Waals surface area contributed by atoms with Crippen LogP contribution in [0.15, 0.2) is 84.9 Å². The van der Waals surface area contributed by atoms with Crippen molar-refractivity contribution >= 4 is 17.7 Å². The highest BCUT2D eigenvalue weighted by molar-refractivity contribution is 5.94. The zero-order chi connectivity index (χ0) is 32.5. The first kappa shape index (κ1) is 33.4. The maximum Gasteiger partial charge on any atom is 0.246 e. The summed E-state index contributed by atoms with van der Waals surface area (Å²) >= 11 is 0. The van der Waals surface area contributed by atoms with Gasteiger partial charge in [0.25, 0.3) is 0 Å². The maximum atomic E-state index is 14.5. The molecule has 0 saturated carbocycles. The van der Waals surface area contributed by atoms with Gasteiger partial charge in [-0.15, -0.1) is 0 Å². The fraction of sp³-hybridized carbons (Fsp3) is 0.447. The van der Waals surface area contributed by atoms with E-state index in [0.717, 1.165) is 49.9 Å². The molecule has 5 rings (SSSR count). The zero-order valence-electron chi connectivity index (χ0n) is 27.4. The molecule has 0 aliphatic carbocycles. The van der Waals surface area contributed by atoms with Crippen molar-refractivity contribution in [3.63, 3.8) is 0 Å². The molecule has 5 atom stereocenters. The van der Waals surface area contributed by atoms with Crippen LogP contribution in [0.2, 0.25) is 0 Å². The molecular weight excluding hydrogens is 574 g/mol. The van der Waals surface area contributed by atoms with E-state index in [1.54, 1.807) is 7.05 Å². The highest BCUT2D eigenvalue weighted by Gasteiger charge is 2.47. The summed E-state index contributed by atoms with van der Waals surface area (Å²) in [5.74, 6) is -0.503. The molecule has 8 heteroatoms. The first-order valence-corrected chi connectivity index (χ1v) is 16.9. The normalized spacial score (nSPS) is 21.8. The maximum absolute atomic E-state index is 14.5. The van der Waals surface area contributed by atoms with E-state index in [0.29, 0.717) is 12.8 Å². The van der Waals surface area contributed by atoms with Crippen LogP contribution >= 0.6 is 0 Å². The topological polar surface area (TPSA) is 103 Å². The summed E-state index contributed by atoms with van der Waals surface area (Å²) in [4.78, 5) is 43.8. The van der Waals surface area contributed by atoms with Crippen molar-refractivity contribution in [1.29, 1.82) is 0 Å². The van der Waals surface area contributed by atoms with Gasteiger partial charge in [0.15, 0.2) is 0 Å². The van der Waals surface area contributed by atoms with Gasteiger partial charge < -0.3 is 26.2 Å². The van der Waals surface area contributed by atoms with E-state index in [4.69, 9.17) is 0 Å². The van der Waals surface area contributed by atoms with E-state index in [1.165, 1.54) is 11.1 Å². The molecule has 2 aliphatic rings. The number of likely N-dealkylation sites (N-methyl/N-ethyl adjacent to an activating group) is 1. The molecule has 244 valence electrons. The minimum atomic E-state index is -0.687. The molecule has 2 aliphatic heterocycles. The minimum absolute atomic E-state index is 0.0225. The Morgan fingerprint density at radius 3 is 2.13 bits per heavy atom. The first-order valence-electron chi connectivity index (χ1n) is 16.9. The second-order valence-corrected chi connectivity index (χ2v) is 12.7. The van der Waals surface area contributed by atoms with Gasteiger partial charge in [0.2, 0.25) is 17.7 Å². The molecule has 2 saturated heterocycles. The molecule has 0 radical (unpaired) electrons. The van der Waals surface area contributed by atoms with Gasteiger partial charge in [0.05, 0.1) is 12.1 Å². The third-order valence-corrected chi connectivity index (χ3v) is 9.86. The quantitative estimate of drug-likeness (QED) is 0.208. The van der Waals surface area contributed by atoms with Crippen molar-refractivity contribution in [3.8, 4) is 0 Å². The van der Waals surface area contributed by atoms with Crippen molar-refractivity contribution < 1.29 is 14.4 Å². The Morgan fingerprint density at radius 1 is 0.870 bits per heavy atom. The van der Waals surface area contributed by atoms with Gasteiger partial charge in [-0.3, -0.25) is 14.4 Å². The van der Waals surface area contributed by atoms with Crippen LogP contribution in [0, 0.1) is 12.8 Å². The summed E-state index contributed by atoms with van der Waals surface area (Å²) in [6.07, 6.45) is 4.37. The van der Waals surface area contributed by atoms with Crippen molar-refractivity contribution in [1.82, 2.24) is 26.2 Å². The van der Waals surface area contributed by atoms with Crippen LogP contribution in [-0.2, 0) is 20.9 Å². The van der Waals surface area contributed by atoms with Gasteiger partial charge in [-0.25, -0.2) is 0 Å². The number of rotatable bonds is 13. The summed E-state index contributed by atoms with van der Waals surface area (Å²) in [7, 11) is 1.77. The van der Waals surface area contributed by atoms with Crippen LogP contribution < -0.4 is 21.3 Å². The molecule has 5 unspecified atom stereocenters. The van der Waals surface area contributed by atoms with Gasteiger partial charge in [-0.2, -0.15) is 0 Å². The number of nitrogens with zero attached hydrogens (tertiary/aromatic N) is 1. The molecule has 3 aromatic rings. The first-order chi connectivity index (χ1) is 22.4. The lowest BCUT2D eigenvalue weighted by molar-refractivity contribution is -0.143. The lowest BCUT2D eigenvalue weighted by Crippen LogP contribution is -2.58. The average Bonchev–Trinajstić information content (AvgIpc) is 3.47. The summed E-state index contributed by atoms with van der Waals surface area (Å²) in [5.41, 5.74) is 4.47. The Balaban J connectivity index is 1.34. The molecule has 8 nitrogen and oxygen atoms in total. The number of nitrogens with one attached hydrogen (secondary N) is 4. The van der Waals surface area contributed by atoms with Crippen LogP contribution in [0.5, 0.6) is 0 Å². The van der Waals surface area contributed by atoms with E-state index in [2.05, 4.69) is 40.3 Å². The van der Waals surface area contributed by atoms with Crippen molar-refractivity contribution in [2.24, 2.45) is 5.92 Å². The fourth-order valence-corrected chi connectivity index (χ4v) is 7.17. The van der Waals surface area contributed by atoms with E-state index in [9.17, 15) is 14.4 Å². The molecule has 2 fully saturated rings. The van der Waals surface area contributed by atoms with Gasteiger partial charge in [-0.05, 0) is 87.2 Å². The van der Waals surface area contributed by atoms with Gasteiger partial charge in [0.1, 0.15) is 12.1 Å². The van der Waals surface area contributed by atoms with E-state index in [1.807, 2.05) is 84.6 Å². The SMILES string of the molecule is CCC(NC)C(=O)NC1C(=O)N2C(CCC1CCNCc1ccccc1C)CCC2C(=O)NC(c1ccccc1)c1ccccc1. The third-order valence-electron chi connectivity index (χ3n) is 9.86. The molecule has 2 heterocycles. The number of hydrogen-bond donors (Lipinski definition) is 4. The lowest BCUT2D eigenvalue weighted by Gasteiger charge is -2.33. The Kier molecular flexibility index (Phi) is 11.6. The number of aryl methyl sites for hydroxylation is 1. The third kappa shape index (κ3) is 7.85. The summed E-state index contributed by atoms with van der Waals surface area (Å²) < 4.78 is 0. The Labute approximate surface area is 273 Å². The Morgan fingerprint density at radius 2 is 1.50 bits per heavy atom. The lowest BCUT2D eigenvalue weighted by atomic mass is 9.90. The second-order valence-electron chi connectivity index (χ2n) is 12.7. The number of carbonyl (C=O) groups excluding carboxylic acids is 3. The number of fused-ring (bicyclic) bond motifs is 1. The zero-order valence-corrected chi connectivity index (χ0v) is 27.4. The highest BCUT2D eigenvalue weighted by atomic mass is 16.2. The highest BCUT2D eigenvalue weighted by Crippen LogP contribution is 2.36. The molecule has 0 aromatic heterocycles. The monoisotopic (exact) mass is 623 g/mol. The van der Waals surface area contributed by atoms with Crippen molar-refractivity contribution in [2.45, 2.75) is 89.1 Å². The number of carbonyl (C=O) groups is 3. The van der Waals surface area contributed by atoms with E-state index < -0.39 is 12.1 Å². The molecule has 0 bridgehead atoms. The fourth-order valence-electron chi connectivity index (χ4n) is 7.17. The van der Waals surface area contributed by atoms with Crippen LogP contribution in [-0.4, -0.2) is 60.4 Å². The van der Waals surface area contributed by atoms with Crippen LogP contribution in [0.1, 0.15) is 73.7 Å². The number of hydrogen-bond acceptors (Lipinski definition) is 5. The summed E-state index contributed by atoms with van der Waals surface area (Å²) in [5, 5.41) is 13.1. The van der Waals surface area contributed by atoms with E-state index in [-0.39, 0.29) is 41.8 Å². The Bertz CT molecular complexity index is 1410. The van der Waals surface area contributed by atoms with Crippen LogP contribution in [0.25, 0.3) is 0 Å². The standard InChI is InChI=1S/C38H49N5O3/c1-4-32(39-3)36(44)42-35-29(23-24-40-25-30-18-12-11-13-26(30)2)19-20-31-21-22-33(43(31)38(35)46)37(45)41-34(27-14-7-5-8-15-27)28-16-9-6-10-17-28/h5-18,29,31-35,39-40H,4,19-25H2,1-3H3,(H,41,45)(H,42,44). The average molecular weight is 624 g/mol. The molecule has 46 heavy (non-hydrogen) atoms. The van der Waals surface area contributed by atoms with Crippen molar-refractivity contribution in [2.75, 3.05) is 13.6 Å². The van der Waals surface area contributed by atoms with Gasteiger partial charge in [0, 0.05) is 12.6 Å². The molecule has 3 aromatic carbocycles. The summed E-state index contributed by atoms with van der Waals surface area (Å²) in [6, 6.07) is 26.2. The number of benzene rings is 3. The molecule has 0 spiro atoms. The predicted octanol–water partition coefficient (Wildman–Crippen LogP) is 4.63. The van der Waals surface area contributed by atoms with Crippen LogP contribution in [0.4, 0.5) is 0 Å². The molecule has 4 N–H and O–H groups in total. The van der Waals surface area contributed by atoms with Gasteiger partial charge >= 0.3 is 0 Å². The van der Waals surface area contributed by atoms with Crippen LogP contribution in [0.3, 0.4) is 0 Å². The molecular formula is C38H49N5O3. The van der Waals surface area contributed by atoms with Gasteiger partial charge in [-0.1, -0.05) is 91.9 Å².